The average molecular weight is 420 g/mol. The molecule has 152 valence electrons. The van der Waals surface area contributed by atoms with Gasteiger partial charge in [0.2, 0.25) is 0 Å². The first kappa shape index (κ1) is 18.9. The molecule has 0 radical (unpaired) electrons. The molecular formula is C24H22ClN3O2. The monoisotopic (exact) mass is 419 g/mol. The number of nitrogens with one attached hydrogen (secondary N) is 2. The Morgan fingerprint density at radius 1 is 0.867 bits per heavy atom. The molecule has 1 saturated carbocycles. The third-order valence-corrected chi connectivity index (χ3v) is 6.04. The zero-order valence-corrected chi connectivity index (χ0v) is 17.2. The lowest BCUT2D eigenvalue weighted by Crippen LogP contribution is -2.32. The summed E-state index contributed by atoms with van der Waals surface area (Å²) in [5.41, 5.74) is 3.15. The number of fused-ring (bicyclic) bond motifs is 2. The van der Waals surface area contributed by atoms with Gasteiger partial charge in [0.1, 0.15) is 5.58 Å². The number of aromatic nitrogens is 1. The minimum Gasteiger partial charge on any atom is -0.423 e. The molecular weight excluding hydrogens is 398 g/mol. The van der Waals surface area contributed by atoms with Crippen molar-refractivity contribution in [2.75, 3.05) is 10.6 Å². The van der Waals surface area contributed by atoms with Crippen LogP contribution in [0.2, 0.25) is 5.02 Å². The van der Waals surface area contributed by atoms with Crippen molar-refractivity contribution in [1.29, 1.82) is 0 Å². The van der Waals surface area contributed by atoms with Crippen LogP contribution < -0.4 is 16.3 Å². The van der Waals surface area contributed by atoms with Crippen LogP contribution in [-0.4, -0.2) is 17.1 Å². The number of hydrogen-bond acceptors (Lipinski definition) is 5. The van der Waals surface area contributed by atoms with Crippen molar-refractivity contribution in [3.63, 3.8) is 0 Å². The molecule has 0 amide bonds. The van der Waals surface area contributed by atoms with Crippen molar-refractivity contribution in [3.8, 4) is 0 Å². The van der Waals surface area contributed by atoms with Gasteiger partial charge in [-0.15, -0.1) is 0 Å². The van der Waals surface area contributed by atoms with E-state index in [2.05, 4.69) is 15.6 Å². The van der Waals surface area contributed by atoms with Gasteiger partial charge in [-0.05, 0) is 62.1 Å². The van der Waals surface area contributed by atoms with Gasteiger partial charge in [-0.25, -0.2) is 4.79 Å². The molecule has 1 fully saturated rings. The van der Waals surface area contributed by atoms with Crippen LogP contribution in [0.5, 0.6) is 0 Å². The van der Waals surface area contributed by atoms with E-state index in [1.165, 1.54) is 0 Å². The van der Waals surface area contributed by atoms with E-state index in [-0.39, 0.29) is 5.63 Å². The Balaban J connectivity index is 1.27. The topological polar surface area (TPSA) is 67.2 Å². The molecule has 0 saturated heterocycles. The van der Waals surface area contributed by atoms with Crippen LogP contribution in [0.3, 0.4) is 0 Å². The van der Waals surface area contributed by atoms with E-state index in [9.17, 15) is 4.79 Å². The van der Waals surface area contributed by atoms with Gasteiger partial charge in [-0.2, -0.15) is 0 Å². The zero-order chi connectivity index (χ0) is 20.5. The summed E-state index contributed by atoms with van der Waals surface area (Å²) >= 11 is 6.10. The van der Waals surface area contributed by atoms with Crippen LogP contribution in [0.25, 0.3) is 21.9 Å². The largest absolute Gasteiger partial charge is 0.423 e. The molecule has 2 N–H and O–H groups in total. The fourth-order valence-electron chi connectivity index (χ4n) is 4.30. The highest BCUT2D eigenvalue weighted by Gasteiger charge is 2.22. The predicted molar refractivity (Wildman–Crippen MR) is 123 cm³/mol. The first-order valence-corrected chi connectivity index (χ1v) is 10.6. The lowest BCUT2D eigenvalue weighted by molar-refractivity contribution is 0.429. The molecule has 2 heterocycles. The maximum atomic E-state index is 11.9. The highest BCUT2D eigenvalue weighted by Crippen LogP contribution is 2.30. The van der Waals surface area contributed by atoms with E-state index in [4.69, 9.17) is 16.0 Å². The minimum atomic E-state index is -0.323. The minimum absolute atomic E-state index is 0.323. The van der Waals surface area contributed by atoms with Gasteiger partial charge in [0, 0.05) is 45.8 Å². The summed E-state index contributed by atoms with van der Waals surface area (Å²) < 4.78 is 5.30. The third kappa shape index (κ3) is 3.85. The van der Waals surface area contributed by atoms with Crippen LogP contribution in [0.1, 0.15) is 25.7 Å². The van der Waals surface area contributed by atoms with E-state index in [1.54, 1.807) is 6.07 Å². The van der Waals surface area contributed by atoms with Crippen molar-refractivity contribution in [3.05, 3.63) is 76.2 Å². The molecule has 0 spiro atoms. The van der Waals surface area contributed by atoms with E-state index >= 15 is 0 Å². The van der Waals surface area contributed by atoms with Gasteiger partial charge >= 0.3 is 5.63 Å². The fourth-order valence-corrected chi connectivity index (χ4v) is 4.47. The summed E-state index contributed by atoms with van der Waals surface area (Å²) in [6, 6.07) is 17.8. The van der Waals surface area contributed by atoms with Crippen LogP contribution in [0.4, 0.5) is 11.4 Å². The molecule has 1 aliphatic carbocycles. The Morgan fingerprint density at radius 3 is 2.40 bits per heavy atom. The second kappa shape index (κ2) is 8.00. The van der Waals surface area contributed by atoms with Gasteiger partial charge in [0.05, 0.1) is 11.2 Å². The van der Waals surface area contributed by atoms with Gasteiger partial charge in [-0.1, -0.05) is 23.7 Å². The number of rotatable bonds is 4. The van der Waals surface area contributed by atoms with Crippen molar-refractivity contribution in [1.82, 2.24) is 4.98 Å². The third-order valence-electron chi connectivity index (χ3n) is 5.80. The summed E-state index contributed by atoms with van der Waals surface area (Å²) in [5, 5.41) is 9.99. The predicted octanol–water partition coefficient (Wildman–Crippen LogP) is 5.83. The number of hydrogen-bond donors (Lipinski definition) is 2. The zero-order valence-electron chi connectivity index (χ0n) is 16.4. The normalized spacial score (nSPS) is 19.1. The highest BCUT2D eigenvalue weighted by atomic mass is 35.5. The quantitative estimate of drug-likeness (QED) is 0.407. The second-order valence-electron chi connectivity index (χ2n) is 7.83. The molecule has 6 heteroatoms. The standard InChI is InChI=1S/C24H22ClN3O2/c25-15-5-10-18-20(11-12-26-21(18)13-15)27-16-6-8-17(9-7-16)28-22-14-24(29)30-23-4-2-1-3-19(22)23/h1-5,10-14,16-17,28H,6-9H2,(H,26,27). The van der Waals surface area contributed by atoms with E-state index < -0.39 is 0 Å². The second-order valence-corrected chi connectivity index (χ2v) is 8.27. The van der Waals surface area contributed by atoms with Crippen molar-refractivity contribution < 1.29 is 4.42 Å². The Hall–Kier alpha value is -3.05. The maximum absolute atomic E-state index is 11.9. The maximum Gasteiger partial charge on any atom is 0.338 e. The van der Waals surface area contributed by atoms with E-state index in [0.29, 0.717) is 22.7 Å². The van der Waals surface area contributed by atoms with Crippen molar-refractivity contribution >= 4 is 44.8 Å². The first-order valence-electron chi connectivity index (χ1n) is 10.3. The molecule has 0 bridgehead atoms. The Labute approximate surface area is 179 Å². The molecule has 30 heavy (non-hydrogen) atoms. The summed E-state index contributed by atoms with van der Waals surface area (Å²) in [7, 11) is 0. The van der Waals surface area contributed by atoms with Gasteiger partial charge in [0.15, 0.2) is 0 Å². The lowest BCUT2D eigenvalue weighted by Gasteiger charge is -2.31. The molecule has 0 unspecified atom stereocenters. The van der Waals surface area contributed by atoms with Gasteiger partial charge in [0.25, 0.3) is 0 Å². The first-order chi connectivity index (χ1) is 14.7. The van der Waals surface area contributed by atoms with Crippen LogP contribution >= 0.6 is 11.6 Å². The van der Waals surface area contributed by atoms with Gasteiger partial charge in [-0.3, -0.25) is 4.98 Å². The summed E-state index contributed by atoms with van der Waals surface area (Å²) in [6.45, 7) is 0. The molecule has 4 aromatic rings. The van der Waals surface area contributed by atoms with E-state index in [0.717, 1.165) is 53.3 Å². The summed E-state index contributed by atoms with van der Waals surface area (Å²) in [6.07, 6.45) is 5.98. The number of anilines is 2. The van der Waals surface area contributed by atoms with Crippen LogP contribution in [-0.2, 0) is 0 Å². The Kier molecular flexibility index (Phi) is 5.05. The number of para-hydroxylation sites is 1. The van der Waals surface area contributed by atoms with Crippen molar-refractivity contribution in [2.24, 2.45) is 0 Å². The summed E-state index contributed by atoms with van der Waals surface area (Å²) in [5.74, 6) is 0. The molecule has 1 aliphatic rings. The molecule has 0 atom stereocenters. The number of benzene rings is 2. The molecule has 5 nitrogen and oxygen atoms in total. The summed E-state index contributed by atoms with van der Waals surface area (Å²) in [4.78, 5) is 16.3. The smallest absolute Gasteiger partial charge is 0.338 e. The number of pyridine rings is 1. The fraction of sp³-hybridized carbons (Fsp3) is 0.250. The SMILES string of the molecule is O=c1cc(NC2CCC(Nc3ccnc4cc(Cl)ccc34)CC2)c2ccccc2o1. The molecule has 2 aromatic carbocycles. The number of nitrogens with zero attached hydrogens (tertiary/aromatic N) is 1. The van der Waals surface area contributed by atoms with E-state index in [1.807, 2.05) is 54.7 Å². The molecule has 0 aliphatic heterocycles. The highest BCUT2D eigenvalue weighted by molar-refractivity contribution is 6.31. The average Bonchev–Trinajstić information content (AvgIpc) is 2.75. The Morgan fingerprint density at radius 2 is 1.60 bits per heavy atom. The number of halogens is 1. The molecule has 2 aromatic heterocycles. The lowest BCUT2D eigenvalue weighted by atomic mass is 9.90. The van der Waals surface area contributed by atoms with Crippen LogP contribution in [0.15, 0.2) is 70.0 Å². The van der Waals surface area contributed by atoms with Gasteiger partial charge < -0.3 is 15.1 Å². The molecule has 5 rings (SSSR count). The van der Waals surface area contributed by atoms with Crippen LogP contribution in [0, 0.1) is 0 Å². The van der Waals surface area contributed by atoms with Crippen molar-refractivity contribution in [2.45, 2.75) is 37.8 Å². The Bertz CT molecular complexity index is 1260.